The molecule has 1 saturated heterocycles. The quantitative estimate of drug-likeness (QED) is 0.771. The van der Waals surface area contributed by atoms with Crippen LogP contribution in [0, 0.1) is 6.92 Å². The van der Waals surface area contributed by atoms with Gasteiger partial charge in [-0.2, -0.15) is 4.68 Å². The molecule has 1 amide bonds. The standard InChI is InChI=1S/C20H22N6O/c1-15-22-23-24-26(15)19-7-5-6-17(14-19)21-20(27)16-8-10-18(11-9-16)25-12-3-2-4-13-25/h5-11,14H,2-4,12-13H2,1H3,(H,21,27). The first-order valence-corrected chi connectivity index (χ1v) is 9.22. The van der Waals surface area contributed by atoms with Gasteiger partial charge < -0.3 is 10.2 Å². The Morgan fingerprint density at radius 1 is 1.00 bits per heavy atom. The molecule has 2 heterocycles. The molecule has 3 aromatic rings. The highest BCUT2D eigenvalue weighted by molar-refractivity contribution is 6.04. The molecular formula is C20H22N6O. The third-order valence-corrected chi connectivity index (χ3v) is 4.82. The number of carbonyl (C=O) groups excluding carboxylic acids is 1. The van der Waals surface area contributed by atoms with Crippen molar-refractivity contribution in [3.63, 3.8) is 0 Å². The molecule has 7 heteroatoms. The van der Waals surface area contributed by atoms with Crippen LogP contribution in [0.3, 0.4) is 0 Å². The summed E-state index contributed by atoms with van der Waals surface area (Å²) in [4.78, 5) is 15.0. The number of nitrogens with zero attached hydrogens (tertiary/aromatic N) is 5. The molecule has 1 aromatic heterocycles. The van der Waals surface area contributed by atoms with E-state index in [0.717, 1.165) is 18.8 Å². The second-order valence-electron chi connectivity index (χ2n) is 6.74. The molecule has 138 valence electrons. The Labute approximate surface area is 158 Å². The van der Waals surface area contributed by atoms with E-state index in [1.54, 1.807) is 4.68 Å². The van der Waals surface area contributed by atoms with Crippen LogP contribution in [0.15, 0.2) is 48.5 Å². The van der Waals surface area contributed by atoms with Gasteiger partial charge >= 0.3 is 0 Å². The molecule has 0 saturated carbocycles. The lowest BCUT2D eigenvalue weighted by atomic mass is 10.1. The van der Waals surface area contributed by atoms with E-state index in [1.165, 1.54) is 24.9 Å². The summed E-state index contributed by atoms with van der Waals surface area (Å²) in [6, 6.07) is 15.3. The summed E-state index contributed by atoms with van der Waals surface area (Å²) in [6.07, 6.45) is 3.78. The topological polar surface area (TPSA) is 75.9 Å². The molecule has 1 N–H and O–H groups in total. The van der Waals surface area contributed by atoms with E-state index in [4.69, 9.17) is 0 Å². The molecule has 0 radical (unpaired) electrons. The third kappa shape index (κ3) is 3.81. The van der Waals surface area contributed by atoms with Crippen LogP contribution < -0.4 is 10.2 Å². The molecule has 4 rings (SSSR count). The molecule has 2 aromatic carbocycles. The average molecular weight is 362 g/mol. The van der Waals surface area contributed by atoms with Gasteiger partial charge in [-0.3, -0.25) is 4.79 Å². The van der Waals surface area contributed by atoms with E-state index >= 15 is 0 Å². The maximum absolute atomic E-state index is 12.6. The highest BCUT2D eigenvalue weighted by Gasteiger charge is 2.12. The van der Waals surface area contributed by atoms with E-state index in [0.29, 0.717) is 17.1 Å². The first-order valence-electron chi connectivity index (χ1n) is 9.22. The van der Waals surface area contributed by atoms with Gasteiger partial charge in [0.25, 0.3) is 5.91 Å². The highest BCUT2D eigenvalue weighted by atomic mass is 16.1. The molecule has 0 spiro atoms. The van der Waals surface area contributed by atoms with Gasteiger partial charge in [-0.15, -0.1) is 5.10 Å². The van der Waals surface area contributed by atoms with E-state index in [-0.39, 0.29) is 5.91 Å². The minimum absolute atomic E-state index is 0.134. The Hall–Kier alpha value is -3.22. The third-order valence-electron chi connectivity index (χ3n) is 4.82. The van der Waals surface area contributed by atoms with Crippen LogP contribution in [0.1, 0.15) is 35.4 Å². The summed E-state index contributed by atoms with van der Waals surface area (Å²) in [6.45, 7) is 4.01. The number of nitrogens with one attached hydrogen (secondary N) is 1. The molecule has 0 bridgehead atoms. The molecule has 0 aliphatic carbocycles. The molecule has 1 aliphatic heterocycles. The summed E-state index contributed by atoms with van der Waals surface area (Å²) < 4.78 is 1.63. The first kappa shape index (κ1) is 17.2. The summed E-state index contributed by atoms with van der Waals surface area (Å²) in [5, 5.41) is 14.4. The summed E-state index contributed by atoms with van der Waals surface area (Å²) in [5.74, 6) is 0.553. The van der Waals surface area contributed by atoms with Crippen molar-refractivity contribution in [3.05, 3.63) is 59.9 Å². The predicted molar refractivity (Wildman–Crippen MR) is 104 cm³/mol. The number of hydrogen-bond acceptors (Lipinski definition) is 5. The molecule has 7 nitrogen and oxygen atoms in total. The maximum Gasteiger partial charge on any atom is 0.255 e. The van der Waals surface area contributed by atoms with Crippen molar-refractivity contribution < 1.29 is 4.79 Å². The van der Waals surface area contributed by atoms with Gasteiger partial charge in [0.2, 0.25) is 0 Å². The zero-order valence-corrected chi connectivity index (χ0v) is 15.3. The molecule has 1 fully saturated rings. The van der Waals surface area contributed by atoms with E-state index in [1.807, 2.05) is 55.5 Å². The van der Waals surface area contributed by atoms with Crippen LogP contribution in [-0.2, 0) is 0 Å². The highest BCUT2D eigenvalue weighted by Crippen LogP contribution is 2.21. The number of tetrazole rings is 1. The molecular weight excluding hydrogens is 340 g/mol. The number of benzene rings is 2. The summed E-state index contributed by atoms with van der Waals surface area (Å²) in [5.41, 5.74) is 3.32. The van der Waals surface area contributed by atoms with E-state index < -0.39 is 0 Å². The number of aryl methyl sites for hydroxylation is 1. The minimum atomic E-state index is -0.134. The summed E-state index contributed by atoms with van der Waals surface area (Å²) >= 11 is 0. The lowest BCUT2D eigenvalue weighted by Gasteiger charge is -2.28. The van der Waals surface area contributed by atoms with Gasteiger partial charge in [0.1, 0.15) is 0 Å². The van der Waals surface area contributed by atoms with Gasteiger partial charge in [-0.05, 0) is 79.1 Å². The first-order chi connectivity index (χ1) is 13.2. The Kier molecular flexibility index (Phi) is 4.82. The monoisotopic (exact) mass is 362 g/mol. The zero-order chi connectivity index (χ0) is 18.6. The number of rotatable bonds is 4. The Morgan fingerprint density at radius 3 is 2.48 bits per heavy atom. The number of amides is 1. The number of hydrogen-bond donors (Lipinski definition) is 1. The van der Waals surface area contributed by atoms with Crippen molar-refractivity contribution in [2.45, 2.75) is 26.2 Å². The van der Waals surface area contributed by atoms with Crippen molar-refractivity contribution in [1.29, 1.82) is 0 Å². The second kappa shape index (κ2) is 7.57. The number of aromatic nitrogens is 4. The van der Waals surface area contributed by atoms with E-state index in [2.05, 4.69) is 25.7 Å². The molecule has 0 atom stereocenters. The van der Waals surface area contributed by atoms with Crippen molar-refractivity contribution in [2.24, 2.45) is 0 Å². The SMILES string of the molecule is Cc1nnnn1-c1cccc(NC(=O)c2ccc(N3CCCCC3)cc2)c1. The van der Waals surface area contributed by atoms with Crippen molar-refractivity contribution >= 4 is 17.3 Å². The van der Waals surface area contributed by atoms with Gasteiger partial charge in [0.15, 0.2) is 5.82 Å². The fraction of sp³-hybridized carbons (Fsp3) is 0.300. The van der Waals surface area contributed by atoms with Crippen LogP contribution in [-0.4, -0.2) is 39.2 Å². The van der Waals surface area contributed by atoms with Crippen molar-refractivity contribution in [3.8, 4) is 5.69 Å². The van der Waals surface area contributed by atoms with E-state index in [9.17, 15) is 4.79 Å². The molecule has 1 aliphatic rings. The Balaban J connectivity index is 1.47. The predicted octanol–water partition coefficient (Wildman–Crippen LogP) is 3.21. The largest absolute Gasteiger partial charge is 0.372 e. The van der Waals surface area contributed by atoms with Crippen LogP contribution in [0.25, 0.3) is 5.69 Å². The normalized spacial score (nSPS) is 14.2. The lowest BCUT2D eigenvalue weighted by molar-refractivity contribution is 0.102. The van der Waals surface area contributed by atoms with Gasteiger partial charge in [-0.25, -0.2) is 0 Å². The van der Waals surface area contributed by atoms with Crippen molar-refractivity contribution in [1.82, 2.24) is 20.2 Å². The van der Waals surface area contributed by atoms with Crippen LogP contribution in [0.5, 0.6) is 0 Å². The maximum atomic E-state index is 12.6. The zero-order valence-electron chi connectivity index (χ0n) is 15.3. The Morgan fingerprint density at radius 2 is 1.78 bits per heavy atom. The van der Waals surface area contributed by atoms with Crippen LogP contribution in [0.2, 0.25) is 0 Å². The van der Waals surface area contributed by atoms with Crippen LogP contribution >= 0.6 is 0 Å². The lowest BCUT2D eigenvalue weighted by Crippen LogP contribution is -2.29. The fourth-order valence-corrected chi connectivity index (χ4v) is 3.36. The number of carbonyl (C=O) groups is 1. The number of anilines is 2. The molecule has 27 heavy (non-hydrogen) atoms. The Bertz CT molecular complexity index is 928. The smallest absolute Gasteiger partial charge is 0.255 e. The average Bonchev–Trinajstić information content (AvgIpc) is 3.15. The minimum Gasteiger partial charge on any atom is -0.372 e. The van der Waals surface area contributed by atoms with Crippen LogP contribution in [0.4, 0.5) is 11.4 Å². The van der Waals surface area contributed by atoms with Gasteiger partial charge in [0, 0.05) is 30.0 Å². The van der Waals surface area contributed by atoms with Gasteiger partial charge in [0.05, 0.1) is 5.69 Å². The summed E-state index contributed by atoms with van der Waals surface area (Å²) in [7, 11) is 0. The molecule has 0 unspecified atom stereocenters. The number of piperidine rings is 1. The second-order valence-corrected chi connectivity index (χ2v) is 6.74. The fourth-order valence-electron chi connectivity index (χ4n) is 3.36. The van der Waals surface area contributed by atoms with Crippen molar-refractivity contribution in [2.75, 3.05) is 23.3 Å². The van der Waals surface area contributed by atoms with Gasteiger partial charge in [-0.1, -0.05) is 6.07 Å².